The molecule has 2 aromatic rings. The molecule has 0 aliphatic carbocycles. The molecule has 0 amide bonds. The Bertz CT molecular complexity index is 1280. The number of rotatable bonds is 9. The minimum absolute atomic E-state index is 0.135. The molecule has 0 bridgehead atoms. The van der Waals surface area contributed by atoms with Crippen LogP contribution in [0, 0.1) is 10.1 Å². The van der Waals surface area contributed by atoms with Gasteiger partial charge < -0.3 is 14.8 Å². The average Bonchev–Trinajstić information content (AvgIpc) is 2.93. The van der Waals surface area contributed by atoms with Crippen molar-refractivity contribution in [1.29, 1.82) is 0 Å². The Hall–Kier alpha value is -4.02. The van der Waals surface area contributed by atoms with Gasteiger partial charge in [0.1, 0.15) is 6.61 Å². The van der Waals surface area contributed by atoms with Crippen LogP contribution in [-0.2, 0) is 25.6 Å². The number of hydrogen-bond donors (Lipinski definition) is 1. The largest absolute Gasteiger partial charge is 0.466 e. The van der Waals surface area contributed by atoms with E-state index < -0.39 is 22.8 Å². The summed E-state index contributed by atoms with van der Waals surface area (Å²) in [6.07, 6.45) is 0. The van der Waals surface area contributed by atoms with Gasteiger partial charge in [-0.15, -0.1) is 0 Å². The third kappa shape index (κ3) is 6.71. The van der Waals surface area contributed by atoms with Crippen LogP contribution < -0.4 is 5.32 Å². The summed E-state index contributed by atoms with van der Waals surface area (Å²) < 4.78 is 10.7. The van der Waals surface area contributed by atoms with Crippen LogP contribution in [0.2, 0.25) is 0 Å². The molecule has 2 aliphatic heterocycles. The highest BCUT2D eigenvalue weighted by molar-refractivity contribution is 5.99. The lowest BCUT2D eigenvalue weighted by Gasteiger charge is -2.34. The molecule has 1 atom stereocenters. The van der Waals surface area contributed by atoms with Crippen LogP contribution in [-0.4, -0.2) is 73.1 Å². The number of esters is 2. The molecular weight excluding hydrogens is 500 g/mol. The molecule has 1 unspecified atom stereocenters. The van der Waals surface area contributed by atoms with Crippen LogP contribution in [0.4, 0.5) is 5.69 Å². The maximum Gasteiger partial charge on any atom is 0.336 e. The fourth-order valence-electron chi connectivity index (χ4n) is 5.15. The molecule has 2 aliphatic rings. The van der Waals surface area contributed by atoms with Gasteiger partial charge in [-0.05, 0) is 25.0 Å². The van der Waals surface area contributed by atoms with Crippen molar-refractivity contribution in [2.75, 3.05) is 46.4 Å². The van der Waals surface area contributed by atoms with Gasteiger partial charge in [0.05, 0.1) is 29.1 Å². The number of nitro groups is 1. The summed E-state index contributed by atoms with van der Waals surface area (Å²) in [6.45, 7) is 8.73. The number of allylic oxidation sites excluding steroid dienone is 2. The van der Waals surface area contributed by atoms with Crippen molar-refractivity contribution in [2.45, 2.75) is 26.3 Å². The van der Waals surface area contributed by atoms with Crippen LogP contribution in [0.3, 0.4) is 0 Å². The molecule has 1 saturated heterocycles. The topological polar surface area (TPSA) is 114 Å². The number of non-ortho nitro benzene ring substituents is 1. The van der Waals surface area contributed by atoms with E-state index in [0.717, 1.165) is 32.7 Å². The zero-order valence-electron chi connectivity index (χ0n) is 22.5. The zero-order chi connectivity index (χ0) is 27.9. The van der Waals surface area contributed by atoms with Crippen molar-refractivity contribution in [3.05, 3.63) is 98.4 Å². The number of nitro benzene ring substituents is 1. The highest BCUT2D eigenvalue weighted by Crippen LogP contribution is 2.40. The summed E-state index contributed by atoms with van der Waals surface area (Å²) in [5.41, 5.74) is 3.07. The van der Waals surface area contributed by atoms with Gasteiger partial charge in [0.15, 0.2) is 0 Å². The number of carbonyl (C=O) groups is 2. The van der Waals surface area contributed by atoms with Crippen LogP contribution in [0.5, 0.6) is 0 Å². The maximum atomic E-state index is 13.4. The second-order valence-corrected chi connectivity index (χ2v) is 9.72. The minimum Gasteiger partial charge on any atom is -0.466 e. The van der Waals surface area contributed by atoms with Crippen molar-refractivity contribution in [3.63, 3.8) is 0 Å². The Morgan fingerprint density at radius 3 is 2.23 bits per heavy atom. The van der Waals surface area contributed by atoms with E-state index in [1.807, 2.05) is 18.2 Å². The van der Waals surface area contributed by atoms with Crippen molar-refractivity contribution in [1.82, 2.24) is 15.1 Å². The highest BCUT2D eigenvalue weighted by Gasteiger charge is 2.38. The Kier molecular flexibility index (Phi) is 9.11. The molecule has 39 heavy (non-hydrogen) atoms. The number of piperazine rings is 1. The Morgan fingerprint density at radius 2 is 1.59 bits per heavy atom. The van der Waals surface area contributed by atoms with Crippen LogP contribution in [0.1, 0.15) is 30.9 Å². The summed E-state index contributed by atoms with van der Waals surface area (Å²) in [6, 6.07) is 16.3. The maximum absolute atomic E-state index is 13.4. The summed E-state index contributed by atoms with van der Waals surface area (Å²) in [7, 11) is 1.26. The van der Waals surface area contributed by atoms with Crippen molar-refractivity contribution in [2.24, 2.45) is 0 Å². The molecule has 0 aromatic heterocycles. The van der Waals surface area contributed by atoms with Crippen LogP contribution in [0.15, 0.2) is 77.1 Å². The lowest BCUT2D eigenvalue weighted by molar-refractivity contribution is -0.384. The first-order chi connectivity index (χ1) is 18.8. The molecule has 1 fully saturated rings. The summed E-state index contributed by atoms with van der Waals surface area (Å²) in [5.74, 6) is -2.07. The van der Waals surface area contributed by atoms with E-state index >= 15 is 0 Å². The van der Waals surface area contributed by atoms with Gasteiger partial charge in [-0.25, -0.2) is 9.59 Å². The second-order valence-electron chi connectivity index (χ2n) is 9.72. The summed E-state index contributed by atoms with van der Waals surface area (Å²) >= 11 is 0. The van der Waals surface area contributed by atoms with Gasteiger partial charge in [0.2, 0.25) is 0 Å². The van der Waals surface area contributed by atoms with E-state index in [1.165, 1.54) is 30.9 Å². The van der Waals surface area contributed by atoms with E-state index in [-0.39, 0.29) is 23.4 Å². The standard InChI is InChI=1S/C29H34N4O6/c1-20-25(28(34)38-3)27(23-10-7-11-24(18-23)33(36)37)26(21(2)30-20)29(35)39-17-16-31-12-14-32(15-13-31)19-22-8-5-4-6-9-22/h4-11,18,27,30H,12-17,19H2,1-3H3. The first kappa shape index (κ1) is 28.0. The molecule has 0 spiro atoms. The molecule has 10 heteroatoms. The van der Waals surface area contributed by atoms with Crippen molar-refractivity contribution < 1.29 is 24.0 Å². The third-order valence-electron chi connectivity index (χ3n) is 7.15. The smallest absolute Gasteiger partial charge is 0.336 e. The molecular formula is C29H34N4O6. The summed E-state index contributed by atoms with van der Waals surface area (Å²) in [5, 5.41) is 14.5. The second kappa shape index (κ2) is 12.7. The molecule has 2 heterocycles. The SMILES string of the molecule is COC(=O)C1=C(C)NC(C)=C(C(=O)OCCN2CCN(Cc3ccccc3)CC2)C1c1cccc([N+](=O)[O-])c1. The average molecular weight is 535 g/mol. The van der Waals surface area contributed by atoms with Crippen LogP contribution in [0.25, 0.3) is 0 Å². The van der Waals surface area contributed by atoms with Crippen LogP contribution >= 0.6 is 0 Å². The quantitative estimate of drug-likeness (QED) is 0.294. The fraction of sp³-hybridized carbons (Fsp3) is 0.379. The molecule has 0 radical (unpaired) electrons. The first-order valence-electron chi connectivity index (χ1n) is 13.0. The van der Waals surface area contributed by atoms with Gasteiger partial charge in [0.25, 0.3) is 5.69 Å². The normalized spacial score (nSPS) is 18.5. The number of methoxy groups -OCH3 is 1. The van der Waals surface area contributed by atoms with Crippen molar-refractivity contribution >= 4 is 17.6 Å². The molecule has 4 rings (SSSR count). The van der Waals surface area contributed by atoms with E-state index in [2.05, 4.69) is 27.2 Å². The lowest BCUT2D eigenvalue weighted by Crippen LogP contribution is -2.47. The lowest BCUT2D eigenvalue weighted by atomic mass is 9.80. The van der Waals surface area contributed by atoms with Gasteiger partial charge in [-0.1, -0.05) is 42.5 Å². The van der Waals surface area contributed by atoms with Gasteiger partial charge >= 0.3 is 11.9 Å². The first-order valence-corrected chi connectivity index (χ1v) is 13.0. The molecule has 1 N–H and O–H groups in total. The monoisotopic (exact) mass is 534 g/mol. The number of benzene rings is 2. The Balaban J connectivity index is 1.43. The van der Waals surface area contributed by atoms with E-state index in [1.54, 1.807) is 19.9 Å². The summed E-state index contributed by atoms with van der Waals surface area (Å²) in [4.78, 5) is 41.8. The zero-order valence-corrected chi connectivity index (χ0v) is 22.5. The predicted octanol–water partition coefficient (Wildman–Crippen LogP) is 3.36. The minimum atomic E-state index is -0.868. The van der Waals surface area contributed by atoms with E-state index in [4.69, 9.17) is 9.47 Å². The highest BCUT2D eigenvalue weighted by atomic mass is 16.6. The Morgan fingerprint density at radius 1 is 0.949 bits per heavy atom. The molecule has 2 aromatic carbocycles. The van der Waals surface area contributed by atoms with E-state index in [9.17, 15) is 19.7 Å². The molecule has 206 valence electrons. The predicted molar refractivity (Wildman–Crippen MR) is 146 cm³/mol. The van der Waals surface area contributed by atoms with E-state index in [0.29, 0.717) is 23.5 Å². The number of hydrogen-bond acceptors (Lipinski definition) is 9. The number of nitrogens with zero attached hydrogens (tertiary/aromatic N) is 3. The number of nitrogens with one attached hydrogen (secondary N) is 1. The van der Waals surface area contributed by atoms with Gasteiger partial charge in [-0.2, -0.15) is 0 Å². The third-order valence-corrected chi connectivity index (χ3v) is 7.15. The van der Waals surface area contributed by atoms with Crippen molar-refractivity contribution in [3.8, 4) is 0 Å². The van der Waals surface area contributed by atoms with Gasteiger partial charge in [0, 0.05) is 62.8 Å². The van der Waals surface area contributed by atoms with Gasteiger partial charge in [-0.3, -0.25) is 19.9 Å². The fourth-order valence-corrected chi connectivity index (χ4v) is 5.15. The number of dihydropyridines is 1. The Labute approximate surface area is 228 Å². The molecule has 0 saturated carbocycles. The number of ether oxygens (including phenoxy) is 2. The molecule has 10 nitrogen and oxygen atoms in total. The number of carbonyl (C=O) groups excluding carboxylic acids is 2.